The van der Waals surface area contributed by atoms with Gasteiger partial charge in [0.15, 0.2) is 5.78 Å². The minimum absolute atomic E-state index is 0.0895. The Bertz CT molecular complexity index is 1090. The van der Waals surface area contributed by atoms with Crippen LogP contribution in [0.1, 0.15) is 75.3 Å². The van der Waals surface area contributed by atoms with Crippen LogP contribution in [0.25, 0.3) is 0 Å². The summed E-state index contributed by atoms with van der Waals surface area (Å²) in [6, 6.07) is 10.7. The molecule has 33 heavy (non-hydrogen) atoms. The van der Waals surface area contributed by atoms with Crippen molar-refractivity contribution >= 4 is 12.0 Å². The third kappa shape index (κ3) is 3.30. The number of ether oxygens (including phenoxy) is 1. The molecule has 4 aliphatic carbocycles. The molecule has 0 bridgehead atoms. The third-order valence-electron chi connectivity index (χ3n) is 9.33. The van der Waals surface area contributed by atoms with E-state index in [0.717, 1.165) is 44.1 Å². The standard InChI is InChI=1S/C28H32N2O3/c1-27-16-24(19-5-3-18(4-6-19)17-30-32)26-22-10-8-21(31)15-20(22)7-9-23(26)25(27)11-12-28(27,33-2)13-14-29/h3-6,15,17,23-25,32H,7-13,16H2,1-2H3/t23-,24+,25-,27-,28+/m0/s1. The maximum Gasteiger partial charge on any atom is 0.156 e. The van der Waals surface area contributed by atoms with Gasteiger partial charge in [0.2, 0.25) is 0 Å². The number of rotatable bonds is 4. The van der Waals surface area contributed by atoms with Crippen LogP contribution in [0.15, 0.2) is 52.2 Å². The average Bonchev–Trinajstić information content (AvgIpc) is 3.11. The highest BCUT2D eigenvalue weighted by molar-refractivity contribution is 5.93. The number of hydrogen-bond acceptors (Lipinski definition) is 5. The van der Waals surface area contributed by atoms with E-state index >= 15 is 0 Å². The number of nitrogens with zero attached hydrogens (tertiary/aromatic N) is 2. The predicted molar refractivity (Wildman–Crippen MR) is 126 cm³/mol. The molecule has 5 nitrogen and oxygen atoms in total. The Morgan fingerprint density at radius 3 is 2.73 bits per heavy atom. The Kier molecular flexibility index (Phi) is 5.53. The molecule has 1 aromatic carbocycles. The topological polar surface area (TPSA) is 82.7 Å². The van der Waals surface area contributed by atoms with Crippen molar-refractivity contribution in [2.45, 2.75) is 69.8 Å². The van der Waals surface area contributed by atoms with Crippen molar-refractivity contribution in [3.8, 4) is 6.07 Å². The maximum absolute atomic E-state index is 12.2. The smallest absolute Gasteiger partial charge is 0.156 e. The fourth-order valence-electron chi connectivity index (χ4n) is 7.74. The summed E-state index contributed by atoms with van der Waals surface area (Å²) >= 11 is 0. The monoisotopic (exact) mass is 444 g/mol. The molecule has 0 saturated heterocycles. The fraction of sp³-hybridized carbons (Fsp3) is 0.536. The predicted octanol–water partition coefficient (Wildman–Crippen LogP) is 5.69. The first-order valence-corrected chi connectivity index (χ1v) is 12.1. The van der Waals surface area contributed by atoms with E-state index in [0.29, 0.717) is 24.7 Å². The molecule has 0 unspecified atom stereocenters. The number of ketones is 1. The van der Waals surface area contributed by atoms with Crippen LogP contribution in [0, 0.1) is 28.6 Å². The van der Waals surface area contributed by atoms with Crippen molar-refractivity contribution in [3.63, 3.8) is 0 Å². The van der Waals surface area contributed by atoms with Crippen LogP contribution in [0.2, 0.25) is 0 Å². The van der Waals surface area contributed by atoms with Gasteiger partial charge in [0, 0.05) is 24.9 Å². The lowest BCUT2D eigenvalue weighted by Gasteiger charge is -2.55. The highest BCUT2D eigenvalue weighted by atomic mass is 16.5. The van der Waals surface area contributed by atoms with Crippen molar-refractivity contribution in [2.24, 2.45) is 22.4 Å². The van der Waals surface area contributed by atoms with Gasteiger partial charge in [0.05, 0.1) is 24.3 Å². The molecule has 2 fully saturated rings. The number of carbonyl (C=O) groups is 1. The molecule has 5 heteroatoms. The van der Waals surface area contributed by atoms with E-state index in [1.54, 1.807) is 7.11 Å². The van der Waals surface area contributed by atoms with E-state index in [9.17, 15) is 10.1 Å². The second-order valence-corrected chi connectivity index (χ2v) is 10.5. The molecular formula is C28H32N2O3. The van der Waals surface area contributed by atoms with E-state index < -0.39 is 5.60 Å². The van der Waals surface area contributed by atoms with Crippen LogP contribution in [-0.4, -0.2) is 29.9 Å². The zero-order valence-corrected chi connectivity index (χ0v) is 19.5. The molecule has 2 saturated carbocycles. The lowest BCUT2D eigenvalue weighted by Crippen LogP contribution is -2.52. The van der Waals surface area contributed by atoms with Gasteiger partial charge < -0.3 is 9.94 Å². The Balaban J connectivity index is 1.66. The quantitative estimate of drug-likeness (QED) is 0.367. The van der Waals surface area contributed by atoms with Crippen LogP contribution in [0.5, 0.6) is 0 Å². The van der Waals surface area contributed by atoms with Crippen LogP contribution < -0.4 is 0 Å². The van der Waals surface area contributed by atoms with Crippen molar-refractivity contribution in [2.75, 3.05) is 7.11 Å². The minimum atomic E-state index is -0.414. The average molecular weight is 445 g/mol. The number of benzene rings is 1. The van der Waals surface area contributed by atoms with Gasteiger partial charge >= 0.3 is 0 Å². The number of allylic oxidation sites excluding steroid dienone is 4. The molecule has 0 radical (unpaired) electrons. The van der Waals surface area contributed by atoms with Crippen LogP contribution in [0.3, 0.4) is 0 Å². The normalized spacial score (nSPS) is 35.6. The van der Waals surface area contributed by atoms with Crippen molar-refractivity contribution in [1.29, 1.82) is 5.26 Å². The van der Waals surface area contributed by atoms with Gasteiger partial charge in [-0.2, -0.15) is 5.26 Å². The summed E-state index contributed by atoms with van der Waals surface area (Å²) in [5, 5.41) is 21.8. The molecule has 5 atom stereocenters. The van der Waals surface area contributed by atoms with Gasteiger partial charge in [-0.05, 0) is 78.7 Å². The molecule has 0 aliphatic heterocycles. The summed E-state index contributed by atoms with van der Waals surface area (Å²) in [7, 11) is 1.78. The zero-order valence-electron chi connectivity index (χ0n) is 19.5. The highest BCUT2D eigenvalue weighted by Crippen LogP contribution is 2.68. The molecule has 0 aromatic heterocycles. The largest absolute Gasteiger partial charge is 0.411 e. The highest BCUT2D eigenvalue weighted by Gasteiger charge is 2.63. The van der Waals surface area contributed by atoms with Crippen molar-refractivity contribution in [1.82, 2.24) is 0 Å². The molecule has 4 aliphatic rings. The fourth-order valence-corrected chi connectivity index (χ4v) is 7.74. The number of carbonyl (C=O) groups excluding carboxylic acids is 1. The van der Waals surface area contributed by atoms with E-state index in [2.05, 4.69) is 30.3 Å². The molecule has 1 N–H and O–H groups in total. The van der Waals surface area contributed by atoms with Gasteiger partial charge in [-0.3, -0.25) is 4.79 Å². The number of nitriles is 1. The number of fused-ring (bicyclic) bond motifs is 4. The van der Waals surface area contributed by atoms with E-state index in [1.165, 1.54) is 28.5 Å². The third-order valence-corrected chi connectivity index (χ3v) is 9.33. The first-order valence-electron chi connectivity index (χ1n) is 12.1. The van der Waals surface area contributed by atoms with Crippen molar-refractivity contribution in [3.05, 3.63) is 58.2 Å². The van der Waals surface area contributed by atoms with E-state index in [4.69, 9.17) is 9.94 Å². The maximum atomic E-state index is 12.2. The van der Waals surface area contributed by atoms with Gasteiger partial charge in [-0.15, -0.1) is 0 Å². The van der Waals surface area contributed by atoms with E-state index in [1.807, 2.05) is 18.2 Å². The second kappa shape index (κ2) is 8.25. The SMILES string of the molecule is CO[C@@]1(CC#N)CC[C@H]2[C@@H]3CCC4=CC(=O)CCC4=C3[C@@H](c3ccc(C=NO)cc3)C[C@@]21C. The lowest BCUT2D eigenvalue weighted by molar-refractivity contribution is -0.116. The Labute approximate surface area is 195 Å². The van der Waals surface area contributed by atoms with Gasteiger partial charge in [-0.1, -0.05) is 41.9 Å². The molecule has 1 aromatic rings. The van der Waals surface area contributed by atoms with Crippen LogP contribution >= 0.6 is 0 Å². The lowest BCUT2D eigenvalue weighted by atomic mass is 9.51. The van der Waals surface area contributed by atoms with Crippen LogP contribution in [0.4, 0.5) is 0 Å². The van der Waals surface area contributed by atoms with Gasteiger partial charge in [-0.25, -0.2) is 0 Å². The summed E-state index contributed by atoms with van der Waals surface area (Å²) in [6.07, 6.45) is 10.2. The molecular weight excluding hydrogens is 412 g/mol. The zero-order chi connectivity index (χ0) is 23.2. The van der Waals surface area contributed by atoms with Gasteiger partial charge in [0.1, 0.15) is 0 Å². The first-order chi connectivity index (χ1) is 16.0. The van der Waals surface area contributed by atoms with Gasteiger partial charge in [0.25, 0.3) is 0 Å². The summed E-state index contributed by atoms with van der Waals surface area (Å²) < 4.78 is 6.21. The van der Waals surface area contributed by atoms with E-state index in [-0.39, 0.29) is 17.1 Å². The first kappa shape index (κ1) is 22.1. The Morgan fingerprint density at radius 2 is 2.03 bits per heavy atom. The van der Waals surface area contributed by atoms with Crippen molar-refractivity contribution < 1.29 is 14.7 Å². The Morgan fingerprint density at radius 1 is 1.24 bits per heavy atom. The Hall–Kier alpha value is -2.71. The second-order valence-electron chi connectivity index (χ2n) is 10.5. The minimum Gasteiger partial charge on any atom is -0.411 e. The molecule has 172 valence electrons. The number of hydrogen-bond donors (Lipinski definition) is 1. The summed E-state index contributed by atoms with van der Waals surface area (Å²) in [4.78, 5) is 12.2. The molecule has 0 heterocycles. The molecule has 5 rings (SSSR count). The van der Waals surface area contributed by atoms with Crippen LogP contribution in [-0.2, 0) is 9.53 Å². The summed E-state index contributed by atoms with van der Waals surface area (Å²) in [6.45, 7) is 2.36. The summed E-state index contributed by atoms with van der Waals surface area (Å²) in [5.74, 6) is 1.44. The molecule has 0 spiro atoms. The number of methoxy groups -OCH3 is 1. The number of oxime groups is 1. The molecule has 0 amide bonds. The summed E-state index contributed by atoms with van der Waals surface area (Å²) in [5.41, 5.74) is 5.83.